The molecule has 1 aromatic rings. The van der Waals surface area contributed by atoms with Crippen LogP contribution in [0.4, 0.5) is 0 Å². The molecule has 0 radical (unpaired) electrons. The molecule has 0 aliphatic heterocycles. The molecule has 5 nitrogen and oxygen atoms in total. The fourth-order valence-electron chi connectivity index (χ4n) is 1.52. The summed E-state index contributed by atoms with van der Waals surface area (Å²) in [5, 5.41) is 20.2. The molecule has 0 aromatic heterocycles. The van der Waals surface area contributed by atoms with Crippen molar-refractivity contribution in [2.45, 2.75) is 50.7 Å². The molecule has 0 unspecified atom stereocenters. The number of hydrogen-bond donors (Lipinski definition) is 2. The normalized spacial score (nSPS) is 13.3. The van der Waals surface area contributed by atoms with Crippen LogP contribution in [0, 0.1) is 0 Å². The van der Waals surface area contributed by atoms with Crippen LogP contribution in [0.5, 0.6) is 0 Å². The molecule has 0 aliphatic carbocycles. The molecular weight excluding hydrogens is 291 g/mol. The summed E-state index contributed by atoms with van der Waals surface area (Å²) in [6, 6.07) is 6.02. The number of sulfone groups is 1. The minimum absolute atomic E-state index is 0.0113. The van der Waals surface area contributed by atoms with E-state index < -0.39 is 28.2 Å². The van der Waals surface area contributed by atoms with E-state index in [4.69, 9.17) is 4.65 Å². The fourth-order valence-corrected chi connectivity index (χ4v) is 2.45. The van der Waals surface area contributed by atoms with Gasteiger partial charge in [-0.1, -0.05) is 19.1 Å². The molecule has 118 valence electrons. The predicted octanol–water partition coefficient (Wildman–Crippen LogP) is 0.734. The monoisotopic (exact) mass is 314 g/mol. The summed E-state index contributed by atoms with van der Waals surface area (Å²) in [4.78, 5) is 0.145. The van der Waals surface area contributed by atoms with Gasteiger partial charge in [0.15, 0.2) is 9.84 Å². The van der Waals surface area contributed by atoms with E-state index in [1.165, 1.54) is 12.1 Å². The zero-order valence-corrected chi connectivity index (χ0v) is 13.9. The molecule has 0 amide bonds. The van der Waals surface area contributed by atoms with Crippen LogP contribution in [0.2, 0.25) is 0 Å². The van der Waals surface area contributed by atoms with Gasteiger partial charge in [0.2, 0.25) is 0 Å². The highest BCUT2D eigenvalue weighted by molar-refractivity contribution is 7.91. The Hall–Kier alpha value is -0.885. The van der Waals surface area contributed by atoms with Crippen molar-refractivity contribution >= 4 is 22.4 Å². The van der Waals surface area contributed by atoms with E-state index in [-0.39, 0.29) is 10.6 Å². The number of hydrogen-bond acceptors (Lipinski definition) is 5. The maximum atomic E-state index is 11.9. The predicted molar refractivity (Wildman–Crippen MR) is 83.2 cm³/mol. The lowest BCUT2D eigenvalue weighted by Gasteiger charge is -2.38. The van der Waals surface area contributed by atoms with Crippen molar-refractivity contribution in [3.05, 3.63) is 24.3 Å². The quantitative estimate of drug-likeness (QED) is 0.757. The van der Waals surface area contributed by atoms with Crippen LogP contribution >= 0.6 is 0 Å². The standard InChI is InChI=1S/C14H23BO5S/c1-6-21(18,19)12-9-7-8-11(10-12)15(17)20-14(4,5)13(2,3)16/h7-10,16-17H,6H2,1-5H3. The Morgan fingerprint density at radius 3 is 2.29 bits per heavy atom. The van der Waals surface area contributed by atoms with E-state index in [9.17, 15) is 18.5 Å². The highest BCUT2D eigenvalue weighted by Crippen LogP contribution is 2.25. The summed E-state index contributed by atoms with van der Waals surface area (Å²) < 4.78 is 29.2. The van der Waals surface area contributed by atoms with Crippen LogP contribution < -0.4 is 5.46 Å². The highest BCUT2D eigenvalue weighted by Gasteiger charge is 2.39. The zero-order chi connectivity index (χ0) is 16.5. The minimum atomic E-state index is -3.34. The zero-order valence-electron chi connectivity index (χ0n) is 13.1. The van der Waals surface area contributed by atoms with E-state index in [0.717, 1.165) is 0 Å². The molecule has 0 heterocycles. The van der Waals surface area contributed by atoms with Crippen LogP contribution in [0.25, 0.3) is 0 Å². The van der Waals surface area contributed by atoms with Gasteiger partial charge in [-0.05, 0) is 45.3 Å². The van der Waals surface area contributed by atoms with Gasteiger partial charge < -0.3 is 14.8 Å². The van der Waals surface area contributed by atoms with E-state index in [0.29, 0.717) is 5.46 Å². The van der Waals surface area contributed by atoms with Gasteiger partial charge in [0.25, 0.3) is 0 Å². The lowest BCUT2D eigenvalue weighted by Crippen LogP contribution is -2.53. The number of rotatable bonds is 6. The summed E-state index contributed by atoms with van der Waals surface area (Å²) in [6.07, 6.45) is 0. The maximum Gasteiger partial charge on any atom is 0.491 e. The van der Waals surface area contributed by atoms with Gasteiger partial charge in [0.1, 0.15) is 0 Å². The molecule has 7 heteroatoms. The Morgan fingerprint density at radius 1 is 1.24 bits per heavy atom. The smallest absolute Gasteiger partial charge is 0.423 e. The molecule has 21 heavy (non-hydrogen) atoms. The van der Waals surface area contributed by atoms with E-state index in [1.807, 2.05) is 0 Å². The lowest BCUT2D eigenvalue weighted by molar-refractivity contribution is -0.0982. The molecule has 0 saturated heterocycles. The third-order valence-electron chi connectivity index (χ3n) is 3.76. The van der Waals surface area contributed by atoms with Crippen molar-refractivity contribution in [3.63, 3.8) is 0 Å². The van der Waals surface area contributed by atoms with Gasteiger partial charge in [-0.15, -0.1) is 0 Å². The second kappa shape index (κ2) is 6.08. The molecule has 0 saturated carbocycles. The van der Waals surface area contributed by atoms with Crippen molar-refractivity contribution in [1.82, 2.24) is 0 Å². The van der Waals surface area contributed by atoms with Gasteiger partial charge in [-0.25, -0.2) is 8.42 Å². The number of aliphatic hydroxyl groups is 1. The van der Waals surface area contributed by atoms with E-state index >= 15 is 0 Å². The largest absolute Gasteiger partial charge is 0.491 e. The van der Waals surface area contributed by atoms with E-state index in [2.05, 4.69) is 0 Å². The Balaban J connectivity index is 3.05. The Bertz CT molecular complexity index is 590. The fraction of sp³-hybridized carbons (Fsp3) is 0.571. The van der Waals surface area contributed by atoms with Crippen molar-refractivity contribution in [2.24, 2.45) is 0 Å². The average Bonchev–Trinajstić information content (AvgIpc) is 2.37. The summed E-state index contributed by atoms with van der Waals surface area (Å²) in [6.45, 7) is 8.04. The van der Waals surface area contributed by atoms with E-state index in [1.54, 1.807) is 46.8 Å². The Labute approximate surface area is 127 Å². The summed E-state index contributed by atoms with van der Waals surface area (Å²) in [7, 11) is -4.66. The van der Waals surface area contributed by atoms with Crippen molar-refractivity contribution in [1.29, 1.82) is 0 Å². The van der Waals surface area contributed by atoms with Crippen LogP contribution in [0.3, 0.4) is 0 Å². The van der Waals surface area contributed by atoms with Crippen LogP contribution in [0.1, 0.15) is 34.6 Å². The second-order valence-electron chi connectivity index (χ2n) is 6.02. The Morgan fingerprint density at radius 2 is 1.81 bits per heavy atom. The first-order chi connectivity index (χ1) is 9.40. The van der Waals surface area contributed by atoms with Crippen molar-refractivity contribution in [2.75, 3.05) is 5.75 Å². The van der Waals surface area contributed by atoms with Crippen LogP contribution in [-0.4, -0.2) is 42.6 Å². The molecule has 2 N–H and O–H groups in total. The summed E-state index contributed by atoms with van der Waals surface area (Å²) in [5.41, 5.74) is -1.84. The molecule has 0 bridgehead atoms. The topological polar surface area (TPSA) is 83.8 Å². The van der Waals surface area contributed by atoms with Gasteiger partial charge in [-0.2, -0.15) is 0 Å². The molecule has 0 atom stereocenters. The lowest BCUT2D eigenvalue weighted by atomic mass is 9.76. The van der Waals surface area contributed by atoms with Crippen LogP contribution in [0.15, 0.2) is 29.2 Å². The third kappa shape index (κ3) is 4.29. The molecule has 0 spiro atoms. The molecule has 0 aliphatic rings. The van der Waals surface area contributed by atoms with Gasteiger partial charge in [-0.3, -0.25) is 0 Å². The second-order valence-corrected chi connectivity index (χ2v) is 8.29. The molecule has 1 rings (SSSR count). The summed E-state index contributed by atoms with van der Waals surface area (Å²) in [5.74, 6) is -0.0113. The highest BCUT2D eigenvalue weighted by atomic mass is 32.2. The van der Waals surface area contributed by atoms with Gasteiger partial charge >= 0.3 is 7.12 Å². The van der Waals surface area contributed by atoms with Crippen molar-refractivity contribution < 1.29 is 23.2 Å². The summed E-state index contributed by atoms with van der Waals surface area (Å²) >= 11 is 0. The molecule has 1 aromatic carbocycles. The minimum Gasteiger partial charge on any atom is -0.423 e. The Kier molecular flexibility index (Phi) is 5.26. The molecular formula is C14H23BO5S. The first-order valence-corrected chi connectivity index (χ1v) is 8.47. The average molecular weight is 314 g/mol. The first-order valence-electron chi connectivity index (χ1n) is 6.81. The SMILES string of the molecule is CCS(=O)(=O)c1cccc(B(O)OC(C)(C)C(C)(C)O)c1. The maximum absolute atomic E-state index is 11.9. The number of benzene rings is 1. The first kappa shape index (κ1) is 18.2. The van der Waals surface area contributed by atoms with Crippen molar-refractivity contribution in [3.8, 4) is 0 Å². The van der Waals surface area contributed by atoms with Crippen LogP contribution in [-0.2, 0) is 14.5 Å². The van der Waals surface area contributed by atoms with Gasteiger partial charge in [0, 0.05) is 0 Å². The third-order valence-corrected chi connectivity index (χ3v) is 5.49. The molecule has 0 fully saturated rings. The van der Waals surface area contributed by atoms with Gasteiger partial charge in [0.05, 0.1) is 21.9 Å².